The molecule has 0 aromatic heterocycles. The Bertz CT molecular complexity index is 896. The van der Waals surface area contributed by atoms with Gasteiger partial charge in [0.1, 0.15) is 5.75 Å². The van der Waals surface area contributed by atoms with E-state index in [1.165, 1.54) is 0 Å². The molecule has 0 bridgehead atoms. The SMILES string of the molecule is C=C(C)[C@H]1CC=C(C)C(=NNC(=O)COc2ccc3ccccc3c2)C1. The van der Waals surface area contributed by atoms with Gasteiger partial charge in [0.25, 0.3) is 5.91 Å². The van der Waals surface area contributed by atoms with Crippen LogP contribution in [0.25, 0.3) is 10.8 Å². The summed E-state index contributed by atoms with van der Waals surface area (Å²) in [5, 5.41) is 6.51. The third-order valence-electron chi connectivity index (χ3n) is 4.71. The number of amides is 1. The number of benzene rings is 2. The summed E-state index contributed by atoms with van der Waals surface area (Å²) >= 11 is 0. The van der Waals surface area contributed by atoms with E-state index in [2.05, 4.69) is 23.2 Å². The van der Waals surface area contributed by atoms with Crippen LogP contribution in [0.4, 0.5) is 0 Å². The Morgan fingerprint density at radius 2 is 2.04 bits per heavy atom. The number of carbonyl (C=O) groups is 1. The van der Waals surface area contributed by atoms with Crippen molar-refractivity contribution in [2.24, 2.45) is 11.0 Å². The van der Waals surface area contributed by atoms with Crippen LogP contribution in [0.3, 0.4) is 0 Å². The third kappa shape index (κ3) is 4.39. The van der Waals surface area contributed by atoms with Crippen LogP contribution in [0, 0.1) is 5.92 Å². The standard InChI is InChI=1S/C22H24N2O2/c1-15(2)18-9-8-16(3)21(13-18)23-24-22(25)14-26-20-11-10-17-6-4-5-7-19(17)12-20/h4-8,10-12,18H,1,9,13-14H2,2-3H3,(H,24,25)/t18-/m0/s1. The number of ether oxygens (including phenoxy) is 1. The van der Waals surface area contributed by atoms with E-state index < -0.39 is 0 Å². The van der Waals surface area contributed by atoms with Crippen molar-refractivity contribution >= 4 is 22.4 Å². The maximum absolute atomic E-state index is 12.1. The smallest absolute Gasteiger partial charge is 0.277 e. The molecule has 0 fully saturated rings. The van der Waals surface area contributed by atoms with E-state index in [-0.39, 0.29) is 12.5 Å². The highest BCUT2D eigenvalue weighted by Crippen LogP contribution is 2.26. The Kier molecular flexibility index (Phi) is 5.52. The van der Waals surface area contributed by atoms with Crippen molar-refractivity contribution in [3.8, 4) is 5.75 Å². The summed E-state index contributed by atoms with van der Waals surface area (Å²) in [6.07, 6.45) is 3.95. The molecule has 2 aromatic carbocycles. The van der Waals surface area contributed by atoms with Crippen LogP contribution in [-0.4, -0.2) is 18.2 Å². The molecule has 4 heteroatoms. The fourth-order valence-electron chi connectivity index (χ4n) is 2.99. The van der Waals surface area contributed by atoms with E-state index in [1.807, 2.05) is 56.3 Å². The van der Waals surface area contributed by atoms with Gasteiger partial charge < -0.3 is 4.74 Å². The number of nitrogens with zero attached hydrogens (tertiary/aromatic N) is 1. The van der Waals surface area contributed by atoms with Crippen molar-refractivity contribution in [2.75, 3.05) is 6.61 Å². The lowest BCUT2D eigenvalue weighted by molar-refractivity contribution is -0.123. The molecule has 26 heavy (non-hydrogen) atoms. The van der Waals surface area contributed by atoms with Crippen LogP contribution in [0.5, 0.6) is 5.75 Å². The van der Waals surface area contributed by atoms with Gasteiger partial charge in [0.2, 0.25) is 0 Å². The maximum atomic E-state index is 12.1. The maximum Gasteiger partial charge on any atom is 0.277 e. The summed E-state index contributed by atoms with van der Waals surface area (Å²) in [6.45, 7) is 8.01. The number of fused-ring (bicyclic) bond motifs is 1. The van der Waals surface area contributed by atoms with Gasteiger partial charge in [0, 0.05) is 0 Å². The molecule has 0 saturated carbocycles. The fourth-order valence-corrected chi connectivity index (χ4v) is 2.99. The Hall–Kier alpha value is -2.88. The molecule has 1 aliphatic rings. The topological polar surface area (TPSA) is 50.7 Å². The molecule has 134 valence electrons. The highest BCUT2D eigenvalue weighted by atomic mass is 16.5. The van der Waals surface area contributed by atoms with Crippen molar-refractivity contribution in [2.45, 2.75) is 26.7 Å². The van der Waals surface area contributed by atoms with Crippen LogP contribution in [0.2, 0.25) is 0 Å². The zero-order chi connectivity index (χ0) is 18.5. The first-order valence-electron chi connectivity index (χ1n) is 8.82. The van der Waals surface area contributed by atoms with E-state index in [9.17, 15) is 4.79 Å². The molecule has 1 amide bonds. The average Bonchev–Trinajstić information content (AvgIpc) is 2.65. The van der Waals surface area contributed by atoms with E-state index >= 15 is 0 Å². The molecule has 0 spiro atoms. The summed E-state index contributed by atoms with van der Waals surface area (Å²) in [4.78, 5) is 12.1. The van der Waals surface area contributed by atoms with E-state index in [1.54, 1.807) is 0 Å². The van der Waals surface area contributed by atoms with Gasteiger partial charge in [0.05, 0.1) is 5.71 Å². The minimum Gasteiger partial charge on any atom is -0.484 e. The number of hydrogen-bond donors (Lipinski definition) is 1. The van der Waals surface area contributed by atoms with Crippen LogP contribution in [0.15, 0.2) is 71.4 Å². The van der Waals surface area contributed by atoms with Crippen LogP contribution in [0.1, 0.15) is 26.7 Å². The van der Waals surface area contributed by atoms with Crippen molar-refractivity contribution in [3.63, 3.8) is 0 Å². The second-order valence-electron chi connectivity index (χ2n) is 6.76. The van der Waals surface area contributed by atoms with Gasteiger partial charge in [-0.25, -0.2) is 5.43 Å². The average molecular weight is 348 g/mol. The van der Waals surface area contributed by atoms with Gasteiger partial charge in [0.15, 0.2) is 6.61 Å². The van der Waals surface area contributed by atoms with Crippen molar-refractivity contribution in [1.29, 1.82) is 0 Å². The minimum atomic E-state index is -0.268. The molecular formula is C22H24N2O2. The fraction of sp³-hybridized carbons (Fsp3) is 0.273. The van der Waals surface area contributed by atoms with Crippen LogP contribution >= 0.6 is 0 Å². The quantitative estimate of drug-likeness (QED) is 0.633. The van der Waals surface area contributed by atoms with Gasteiger partial charge in [-0.15, -0.1) is 0 Å². The molecule has 0 unspecified atom stereocenters. The Morgan fingerprint density at radius 1 is 1.27 bits per heavy atom. The molecule has 0 heterocycles. The summed E-state index contributed by atoms with van der Waals surface area (Å²) in [5.41, 5.74) is 5.76. The lowest BCUT2D eigenvalue weighted by Gasteiger charge is -2.22. The molecule has 0 saturated heterocycles. The lowest BCUT2D eigenvalue weighted by Crippen LogP contribution is -2.27. The molecule has 1 atom stereocenters. The van der Waals surface area contributed by atoms with E-state index in [0.717, 1.165) is 40.5 Å². The van der Waals surface area contributed by atoms with Crippen molar-refractivity contribution in [1.82, 2.24) is 5.43 Å². The summed E-state index contributed by atoms with van der Waals surface area (Å²) in [5.74, 6) is 0.793. The molecule has 0 aliphatic heterocycles. The number of rotatable bonds is 5. The van der Waals surface area contributed by atoms with Gasteiger partial charge in [-0.1, -0.05) is 48.6 Å². The number of hydrazone groups is 1. The first kappa shape index (κ1) is 17.9. The summed E-state index contributed by atoms with van der Waals surface area (Å²) in [6, 6.07) is 13.8. The second kappa shape index (κ2) is 8.00. The van der Waals surface area contributed by atoms with Crippen molar-refractivity contribution in [3.05, 3.63) is 66.3 Å². The van der Waals surface area contributed by atoms with Gasteiger partial charge >= 0.3 is 0 Å². The minimum absolute atomic E-state index is 0.0677. The Morgan fingerprint density at radius 3 is 2.81 bits per heavy atom. The number of hydrogen-bond acceptors (Lipinski definition) is 3. The monoisotopic (exact) mass is 348 g/mol. The Balaban J connectivity index is 1.57. The van der Waals surface area contributed by atoms with Crippen LogP contribution < -0.4 is 10.2 Å². The normalized spacial score (nSPS) is 18.5. The van der Waals surface area contributed by atoms with Crippen molar-refractivity contribution < 1.29 is 9.53 Å². The predicted molar refractivity (Wildman–Crippen MR) is 106 cm³/mol. The number of nitrogens with one attached hydrogen (secondary N) is 1. The summed E-state index contributed by atoms with van der Waals surface area (Å²) in [7, 11) is 0. The van der Waals surface area contributed by atoms with E-state index in [4.69, 9.17) is 4.74 Å². The summed E-state index contributed by atoms with van der Waals surface area (Å²) < 4.78 is 5.59. The molecule has 3 rings (SSSR count). The zero-order valence-electron chi connectivity index (χ0n) is 15.3. The first-order chi connectivity index (χ1) is 12.5. The molecule has 4 nitrogen and oxygen atoms in total. The second-order valence-corrected chi connectivity index (χ2v) is 6.76. The van der Waals surface area contributed by atoms with Gasteiger partial charge in [-0.2, -0.15) is 5.10 Å². The zero-order valence-corrected chi connectivity index (χ0v) is 15.3. The van der Waals surface area contributed by atoms with Gasteiger partial charge in [-0.3, -0.25) is 4.79 Å². The highest BCUT2D eigenvalue weighted by Gasteiger charge is 2.18. The largest absolute Gasteiger partial charge is 0.484 e. The Labute approximate surface area is 154 Å². The first-order valence-corrected chi connectivity index (χ1v) is 8.82. The molecule has 1 N–H and O–H groups in total. The number of allylic oxidation sites excluding steroid dienone is 3. The number of carbonyl (C=O) groups excluding carboxylic acids is 1. The molecule has 0 radical (unpaired) electrons. The van der Waals surface area contributed by atoms with E-state index in [0.29, 0.717) is 11.7 Å². The molecule has 1 aliphatic carbocycles. The van der Waals surface area contributed by atoms with Crippen LogP contribution in [-0.2, 0) is 4.79 Å². The predicted octanol–water partition coefficient (Wildman–Crippen LogP) is 4.62. The third-order valence-corrected chi connectivity index (χ3v) is 4.71. The molecule has 2 aromatic rings. The molecular weight excluding hydrogens is 324 g/mol. The highest BCUT2D eigenvalue weighted by molar-refractivity contribution is 6.01. The lowest BCUT2D eigenvalue weighted by atomic mass is 9.85. The van der Waals surface area contributed by atoms with Gasteiger partial charge in [-0.05, 0) is 61.1 Å².